The van der Waals surface area contributed by atoms with Gasteiger partial charge in [-0.05, 0) is 55.8 Å². The van der Waals surface area contributed by atoms with Crippen LogP contribution in [0.2, 0.25) is 0 Å². The highest BCUT2D eigenvalue weighted by Gasteiger charge is 2.15. The van der Waals surface area contributed by atoms with Crippen molar-refractivity contribution < 1.29 is 9.53 Å². The number of nitrogen functional groups attached to an aromatic ring is 1. The number of nitrogens with one attached hydrogen (secondary N) is 1. The number of nitrogens with zero attached hydrogens (tertiary/aromatic N) is 1. The monoisotopic (exact) mass is 321 g/mol. The number of rotatable bonds is 3. The number of amides is 1. The number of hydrogen-bond donors (Lipinski definition) is 2. The summed E-state index contributed by atoms with van der Waals surface area (Å²) < 4.78 is 5.19. The first-order valence-electron chi connectivity index (χ1n) is 7.61. The standard InChI is InChI=1S/C19H19N3O2/c1-11-8-12(2)18-15(9-11)16(19(23)22-20)10-17(21-18)13-4-6-14(24-3)7-5-13/h4-10H,20H2,1-3H3,(H,22,23). The maximum atomic E-state index is 12.3. The number of hydrazine groups is 1. The maximum Gasteiger partial charge on any atom is 0.265 e. The molecule has 0 aliphatic rings. The first-order valence-corrected chi connectivity index (χ1v) is 7.61. The number of ether oxygens (including phenoxy) is 1. The summed E-state index contributed by atoms with van der Waals surface area (Å²) in [6.07, 6.45) is 0. The lowest BCUT2D eigenvalue weighted by atomic mass is 9.99. The van der Waals surface area contributed by atoms with E-state index >= 15 is 0 Å². The number of carbonyl (C=O) groups is 1. The van der Waals surface area contributed by atoms with Gasteiger partial charge in [-0.15, -0.1) is 0 Å². The molecule has 3 N–H and O–H groups in total. The third-order valence-corrected chi connectivity index (χ3v) is 4.01. The summed E-state index contributed by atoms with van der Waals surface area (Å²) in [5.41, 5.74) is 7.25. The fourth-order valence-corrected chi connectivity index (χ4v) is 2.86. The van der Waals surface area contributed by atoms with E-state index in [9.17, 15) is 4.79 Å². The Morgan fingerprint density at radius 2 is 1.83 bits per heavy atom. The minimum Gasteiger partial charge on any atom is -0.497 e. The molecule has 1 amide bonds. The zero-order valence-corrected chi connectivity index (χ0v) is 13.9. The Kier molecular flexibility index (Phi) is 4.18. The summed E-state index contributed by atoms with van der Waals surface area (Å²) in [5, 5.41) is 0.799. The van der Waals surface area contributed by atoms with Crippen LogP contribution in [0.1, 0.15) is 21.5 Å². The number of carbonyl (C=O) groups excluding carboxylic acids is 1. The van der Waals surface area contributed by atoms with Crippen molar-refractivity contribution in [3.63, 3.8) is 0 Å². The van der Waals surface area contributed by atoms with Gasteiger partial charge in [0.1, 0.15) is 5.75 Å². The number of nitrogens with two attached hydrogens (primary N) is 1. The van der Waals surface area contributed by atoms with E-state index in [1.807, 2.05) is 44.2 Å². The van der Waals surface area contributed by atoms with Crippen molar-refractivity contribution in [2.45, 2.75) is 13.8 Å². The molecule has 1 aromatic heterocycles. The molecule has 0 spiro atoms. The van der Waals surface area contributed by atoms with Crippen LogP contribution in [-0.2, 0) is 0 Å². The molecule has 0 fully saturated rings. The zero-order valence-electron chi connectivity index (χ0n) is 13.9. The van der Waals surface area contributed by atoms with E-state index in [1.165, 1.54) is 0 Å². The molecule has 0 unspecified atom stereocenters. The van der Waals surface area contributed by atoms with Crippen molar-refractivity contribution in [3.8, 4) is 17.0 Å². The van der Waals surface area contributed by atoms with Crippen LogP contribution in [0.3, 0.4) is 0 Å². The van der Waals surface area contributed by atoms with Gasteiger partial charge >= 0.3 is 0 Å². The molecule has 122 valence electrons. The van der Waals surface area contributed by atoms with Crippen molar-refractivity contribution in [2.24, 2.45) is 5.84 Å². The van der Waals surface area contributed by atoms with Gasteiger partial charge in [0.25, 0.3) is 5.91 Å². The number of aromatic nitrogens is 1. The third kappa shape index (κ3) is 2.81. The second-order valence-corrected chi connectivity index (χ2v) is 5.74. The van der Waals surface area contributed by atoms with E-state index in [4.69, 9.17) is 15.6 Å². The minimum atomic E-state index is -0.331. The fraction of sp³-hybridized carbons (Fsp3) is 0.158. The Morgan fingerprint density at radius 3 is 2.46 bits per heavy atom. The van der Waals surface area contributed by atoms with Crippen molar-refractivity contribution in [1.82, 2.24) is 10.4 Å². The Balaban J connectivity index is 2.27. The molecule has 3 rings (SSSR count). The van der Waals surface area contributed by atoms with Crippen LogP contribution in [-0.4, -0.2) is 18.0 Å². The van der Waals surface area contributed by atoms with Crippen LogP contribution in [0.15, 0.2) is 42.5 Å². The first-order chi connectivity index (χ1) is 11.5. The highest BCUT2D eigenvalue weighted by Crippen LogP contribution is 2.28. The molecular weight excluding hydrogens is 302 g/mol. The molecule has 1 heterocycles. The van der Waals surface area contributed by atoms with Crippen LogP contribution in [0.5, 0.6) is 5.75 Å². The SMILES string of the molecule is COc1ccc(-c2cc(C(=O)NN)c3cc(C)cc(C)c3n2)cc1. The van der Waals surface area contributed by atoms with E-state index in [2.05, 4.69) is 11.5 Å². The number of methoxy groups -OCH3 is 1. The summed E-state index contributed by atoms with van der Waals surface area (Å²) in [6, 6.07) is 13.3. The van der Waals surface area contributed by atoms with Gasteiger partial charge < -0.3 is 4.74 Å². The first kappa shape index (κ1) is 16.0. The van der Waals surface area contributed by atoms with Gasteiger partial charge in [-0.3, -0.25) is 10.2 Å². The summed E-state index contributed by atoms with van der Waals surface area (Å²) in [4.78, 5) is 17.0. The molecule has 0 aliphatic carbocycles. The van der Waals surface area contributed by atoms with Crippen LogP contribution in [0.25, 0.3) is 22.2 Å². The molecule has 3 aromatic rings. The molecule has 0 saturated heterocycles. The normalized spacial score (nSPS) is 10.7. The molecule has 0 atom stereocenters. The lowest BCUT2D eigenvalue weighted by Gasteiger charge is -2.12. The molecule has 0 saturated carbocycles. The molecule has 5 heteroatoms. The van der Waals surface area contributed by atoms with Crippen LogP contribution < -0.4 is 16.0 Å². The van der Waals surface area contributed by atoms with Gasteiger partial charge in [0, 0.05) is 10.9 Å². The van der Waals surface area contributed by atoms with Crippen molar-refractivity contribution >= 4 is 16.8 Å². The number of benzene rings is 2. The Morgan fingerprint density at radius 1 is 1.12 bits per heavy atom. The second kappa shape index (κ2) is 6.29. The van der Waals surface area contributed by atoms with Crippen LogP contribution in [0.4, 0.5) is 0 Å². The highest BCUT2D eigenvalue weighted by atomic mass is 16.5. The Bertz CT molecular complexity index is 918. The topological polar surface area (TPSA) is 77.2 Å². The third-order valence-electron chi connectivity index (χ3n) is 4.01. The molecular formula is C19H19N3O2. The average molecular weight is 321 g/mol. The highest BCUT2D eigenvalue weighted by molar-refractivity contribution is 6.07. The molecule has 0 aliphatic heterocycles. The van der Waals surface area contributed by atoms with E-state index in [-0.39, 0.29) is 5.91 Å². The van der Waals surface area contributed by atoms with Gasteiger partial charge in [0.05, 0.1) is 23.9 Å². The van der Waals surface area contributed by atoms with E-state index in [0.717, 1.165) is 39.0 Å². The van der Waals surface area contributed by atoms with Crippen LogP contribution >= 0.6 is 0 Å². The zero-order chi connectivity index (χ0) is 17.3. The molecule has 0 bridgehead atoms. The average Bonchev–Trinajstić information content (AvgIpc) is 2.60. The smallest absolute Gasteiger partial charge is 0.265 e. The van der Waals surface area contributed by atoms with Crippen molar-refractivity contribution in [2.75, 3.05) is 7.11 Å². The quantitative estimate of drug-likeness (QED) is 0.441. The van der Waals surface area contributed by atoms with Crippen molar-refractivity contribution in [3.05, 3.63) is 59.2 Å². The lowest BCUT2D eigenvalue weighted by Crippen LogP contribution is -2.30. The number of aryl methyl sites for hydroxylation is 2. The van der Waals surface area contributed by atoms with Gasteiger partial charge in [0.2, 0.25) is 0 Å². The Labute approximate surface area is 140 Å². The minimum absolute atomic E-state index is 0.331. The number of hydrogen-bond acceptors (Lipinski definition) is 4. The Hall–Kier alpha value is -2.92. The van der Waals surface area contributed by atoms with Crippen molar-refractivity contribution in [1.29, 1.82) is 0 Å². The number of pyridine rings is 1. The van der Waals surface area contributed by atoms with E-state index < -0.39 is 0 Å². The summed E-state index contributed by atoms with van der Waals surface area (Å²) in [7, 11) is 1.62. The number of fused-ring (bicyclic) bond motifs is 1. The molecule has 24 heavy (non-hydrogen) atoms. The predicted octanol–water partition coefficient (Wildman–Crippen LogP) is 3.13. The molecule has 2 aromatic carbocycles. The summed E-state index contributed by atoms with van der Waals surface area (Å²) in [5.74, 6) is 5.80. The van der Waals surface area contributed by atoms with Gasteiger partial charge in [-0.2, -0.15) is 0 Å². The molecule has 0 radical (unpaired) electrons. The van der Waals surface area contributed by atoms with Gasteiger partial charge in [0.15, 0.2) is 0 Å². The second-order valence-electron chi connectivity index (χ2n) is 5.74. The van der Waals surface area contributed by atoms with Crippen LogP contribution in [0, 0.1) is 13.8 Å². The fourth-order valence-electron chi connectivity index (χ4n) is 2.86. The summed E-state index contributed by atoms with van der Waals surface area (Å²) >= 11 is 0. The lowest BCUT2D eigenvalue weighted by molar-refractivity contribution is 0.0955. The maximum absolute atomic E-state index is 12.3. The summed E-state index contributed by atoms with van der Waals surface area (Å²) in [6.45, 7) is 3.98. The van der Waals surface area contributed by atoms with Gasteiger partial charge in [-0.25, -0.2) is 10.8 Å². The predicted molar refractivity (Wildman–Crippen MR) is 94.9 cm³/mol. The van der Waals surface area contributed by atoms with E-state index in [1.54, 1.807) is 13.2 Å². The largest absolute Gasteiger partial charge is 0.497 e. The van der Waals surface area contributed by atoms with Gasteiger partial charge in [-0.1, -0.05) is 11.6 Å². The van der Waals surface area contributed by atoms with E-state index in [0.29, 0.717) is 5.56 Å². The molecule has 5 nitrogen and oxygen atoms in total.